The number of aromatic nitrogens is 3. The molecule has 0 spiro atoms. The third kappa shape index (κ3) is 2.65. The predicted octanol–water partition coefficient (Wildman–Crippen LogP) is 1.99. The molecule has 0 aliphatic carbocycles. The van der Waals surface area contributed by atoms with Gasteiger partial charge in [-0.25, -0.2) is 4.98 Å². The fourth-order valence-electron chi connectivity index (χ4n) is 2.25. The molecule has 3 N–H and O–H groups in total. The highest BCUT2D eigenvalue weighted by atomic mass is 32.1. The summed E-state index contributed by atoms with van der Waals surface area (Å²) in [7, 11) is 1.94. The van der Waals surface area contributed by atoms with Crippen LogP contribution in [0.5, 0.6) is 0 Å². The van der Waals surface area contributed by atoms with Crippen LogP contribution in [0.3, 0.4) is 0 Å². The summed E-state index contributed by atoms with van der Waals surface area (Å²) in [6.45, 7) is 6.68. The number of anilines is 1. The highest BCUT2D eigenvalue weighted by molar-refractivity contribution is 7.80. The van der Waals surface area contributed by atoms with Crippen LogP contribution in [0.25, 0.3) is 0 Å². The van der Waals surface area contributed by atoms with Crippen LogP contribution in [0.15, 0.2) is 12.3 Å². The molecule has 0 radical (unpaired) electrons. The van der Waals surface area contributed by atoms with Crippen LogP contribution in [0, 0.1) is 20.8 Å². The molecule has 5 nitrogen and oxygen atoms in total. The van der Waals surface area contributed by atoms with Crippen molar-refractivity contribution in [2.45, 2.75) is 27.3 Å². The summed E-state index contributed by atoms with van der Waals surface area (Å²) >= 11 is 5.10. The van der Waals surface area contributed by atoms with Gasteiger partial charge in [0.15, 0.2) is 0 Å². The predicted molar refractivity (Wildman–Crippen MR) is 84.9 cm³/mol. The van der Waals surface area contributed by atoms with E-state index >= 15 is 0 Å². The van der Waals surface area contributed by atoms with E-state index in [1.165, 1.54) is 5.56 Å². The zero-order valence-electron chi connectivity index (χ0n) is 12.2. The van der Waals surface area contributed by atoms with E-state index in [0.717, 1.165) is 28.3 Å². The van der Waals surface area contributed by atoms with E-state index in [1.807, 2.05) is 31.6 Å². The third-order valence-electron chi connectivity index (χ3n) is 3.50. The molecular weight excluding hydrogens is 270 g/mol. The SMILES string of the molecule is Cc1ccnc(NCc2c(C)nn(C)c2C)c1C(N)=S. The lowest BCUT2D eigenvalue weighted by atomic mass is 10.1. The molecule has 0 unspecified atom stereocenters. The van der Waals surface area contributed by atoms with Gasteiger partial charge in [-0.05, 0) is 32.4 Å². The molecule has 0 saturated carbocycles. The van der Waals surface area contributed by atoms with Gasteiger partial charge in [0.2, 0.25) is 0 Å². The number of thiocarbonyl (C=S) groups is 1. The number of nitrogens with zero attached hydrogens (tertiary/aromatic N) is 3. The van der Waals surface area contributed by atoms with Gasteiger partial charge in [-0.15, -0.1) is 0 Å². The molecule has 0 fully saturated rings. The number of nitrogens with two attached hydrogens (primary N) is 1. The Balaban J connectivity index is 2.28. The summed E-state index contributed by atoms with van der Waals surface area (Å²) in [6, 6.07) is 1.90. The van der Waals surface area contributed by atoms with Crippen molar-refractivity contribution in [2.24, 2.45) is 12.8 Å². The zero-order chi connectivity index (χ0) is 14.9. The van der Waals surface area contributed by atoms with E-state index in [4.69, 9.17) is 18.0 Å². The van der Waals surface area contributed by atoms with Gasteiger partial charge < -0.3 is 11.1 Å². The number of nitrogens with one attached hydrogen (secondary N) is 1. The number of rotatable bonds is 4. The van der Waals surface area contributed by atoms with Crippen LogP contribution in [0.4, 0.5) is 5.82 Å². The standard InChI is InChI=1S/C14H19N5S/c1-8-5-6-16-14(12(8)13(15)20)17-7-11-9(2)18-19(4)10(11)3/h5-6H,7H2,1-4H3,(H2,15,20)(H,16,17). The maximum absolute atomic E-state index is 5.78. The molecular formula is C14H19N5S. The van der Waals surface area contributed by atoms with Gasteiger partial charge in [-0.3, -0.25) is 4.68 Å². The van der Waals surface area contributed by atoms with Gasteiger partial charge in [-0.2, -0.15) is 5.10 Å². The summed E-state index contributed by atoms with van der Waals surface area (Å²) in [6.07, 6.45) is 1.75. The molecule has 2 heterocycles. The van der Waals surface area contributed by atoms with Gasteiger partial charge in [0.1, 0.15) is 10.8 Å². The topological polar surface area (TPSA) is 68.8 Å². The van der Waals surface area contributed by atoms with E-state index in [2.05, 4.69) is 22.3 Å². The Labute approximate surface area is 124 Å². The molecule has 2 aromatic heterocycles. The molecule has 0 bridgehead atoms. The van der Waals surface area contributed by atoms with Crippen LogP contribution in [-0.4, -0.2) is 19.8 Å². The number of pyridine rings is 1. The molecule has 20 heavy (non-hydrogen) atoms. The highest BCUT2D eigenvalue weighted by Crippen LogP contribution is 2.19. The van der Waals surface area contributed by atoms with Crippen molar-refractivity contribution in [3.63, 3.8) is 0 Å². The van der Waals surface area contributed by atoms with Crippen molar-refractivity contribution in [1.29, 1.82) is 0 Å². The zero-order valence-corrected chi connectivity index (χ0v) is 13.0. The third-order valence-corrected chi connectivity index (χ3v) is 3.70. The lowest BCUT2D eigenvalue weighted by molar-refractivity contribution is 0.730. The van der Waals surface area contributed by atoms with Crippen molar-refractivity contribution < 1.29 is 0 Å². The van der Waals surface area contributed by atoms with Crippen LogP contribution in [0.2, 0.25) is 0 Å². The number of hydrogen-bond acceptors (Lipinski definition) is 4. The van der Waals surface area contributed by atoms with Crippen molar-refractivity contribution in [2.75, 3.05) is 5.32 Å². The van der Waals surface area contributed by atoms with Crippen molar-refractivity contribution in [3.8, 4) is 0 Å². The molecule has 0 aliphatic heterocycles. The normalized spacial score (nSPS) is 10.6. The quantitative estimate of drug-likeness (QED) is 0.842. The first-order valence-corrected chi connectivity index (χ1v) is 6.81. The first-order valence-electron chi connectivity index (χ1n) is 6.40. The maximum atomic E-state index is 5.78. The molecule has 2 aromatic rings. The van der Waals surface area contributed by atoms with Crippen LogP contribution < -0.4 is 11.1 Å². The molecule has 0 aromatic carbocycles. The lowest BCUT2D eigenvalue weighted by Crippen LogP contribution is -2.16. The Morgan fingerprint density at radius 3 is 2.65 bits per heavy atom. The van der Waals surface area contributed by atoms with Gasteiger partial charge in [0.05, 0.1) is 11.3 Å². The Kier molecular flexibility index (Phi) is 4.04. The fraction of sp³-hybridized carbons (Fsp3) is 0.357. The van der Waals surface area contributed by atoms with Crippen molar-refractivity contribution in [1.82, 2.24) is 14.8 Å². The van der Waals surface area contributed by atoms with Crippen molar-refractivity contribution >= 4 is 23.0 Å². The maximum Gasteiger partial charge on any atom is 0.136 e. The monoisotopic (exact) mass is 289 g/mol. The van der Waals surface area contributed by atoms with E-state index in [-0.39, 0.29) is 0 Å². The summed E-state index contributed by atoms with van der Waals surface area (Å²) in [5, 5.41) is 7.72. The average Bonchev–Trinajstić information content (AvgIpc) is 2.61. The minimum Gasteiger partial charge on any atom is -0.389 e. The molecule has 0 atom stereocenters. The Morgan fingerprint density at radius 1 is 1.40 bits per heavy atom. The van der Waals surface area contributed by atoms with Crippen LogP contribution in [-0.2, 0) is 13.6 Å². The van der Waals surface area contributed by atoms with Crippen LogP contribution >= 0.6 is 12.2 Å². The number of hydrogen-bond donors (Lipinski definition) is 2. The molecule has 2 rings (SSSR count). The minimum absolute atomic E-state index is 0.359. The van der Waals surface area contributed by atoms with Gasteiger partial charge >= 0.3 is 0 Å². The minimum atomic E-state index is 0.359. The Hall–Kier alpha value is -1.95. The van der Waals surface area contributed by atoms with Gasteiger partial charge in [-0.1, -0.05) is 12.2 Å². The van der Waals surface area contributed by atoms with Gasteiger partial charge in [0, 0.05) is 31.0 Å². The molecule has 0 saturated heterocycles. The van der Waals surface area contributed by atoms with Crippen LogP contribution in [0.1, 0.15) is 28.1 Å². The lowest BCUT2D eigenvalue weighted by Gasteiger charge is -2.12. The van der Waals surface area contributed by atoms with E-state index in [0.29, 0.717) is 11.5 Å². The Morgan fingerprint density at radius 2 is 2.10 bits per heavy atom. The van der Waals surface area contributed by atoms with Crippen molar-refractivity contribution in [3.05, 3.63) is 40.3 Å². The number of aryl methyl sites for hydroxylation is 3. The second-order valence-corrected chi connectivity index (χ2v) is 5.28. The fourth-order valence-corrected chi connectivity index (χ4v) is 2.51. The molecule has 106 valence electrons. The van der Waals surface area contributed by atoms with E-state index < -0.39 is 0 Å². The second-order valence-electron chi connectivity index (χ2n) is 4.84. The van der Waals surface area contributed by atoms with E-state index in [9.17, 15) is 0 Å². The molecule has 0 amide bonds. The summed E-state index contributed by atoms with van der Waals surface area (Å²) in [5.74, 6) is 0.722. The highest BCUT2D eigenvalue weighted by Gasteiger charge is 2.12. The average molecular weight is 289 g/mol. The van der Waals surface area contributed by atoms with E-state index in [1.54, 1.807) is 6.20 Å². The summed E-state index contributed by atoms with van der Waals surface area (Å²) in [5.41, 5.74) is 10.9. The smallest absolute Gasteiger partial charge is 0.136 e. The van der Waals surface area contributed by atoms with Gasteiger partial charge in [0.25, 0.3) is 0 Å². The summed E-state index contributed by atoms with van der Waals surface area (Å²) < 4.78 is 1.88. The first-order chi connectivity index (χ1) is 9.41. The largest absolute Gasteiger partial charge is 0.389 e. The first kappa shape index (κ1) is 14.5. The summed E-state index contributed by atoms with van der Waals surface area (Å²) in [4.78, 5) is 4.70. The molecule has 6 heteroatoms. The molecule has 0 aliphatic rings. The second kappa shape index (κ2) is 5.58. The Bertz CT molecular complexity index is 660.